The third-order valence-corrected chi connectivity index (χ3v) is 3.32. The molecule has 0 unspecified atom stereocenters. The monoisotopic (exact) mass is 234 g/mol. The largest absolute Gasteiger partial charge is 0.357 e. The fourth-order valence-corrected chi connectivity index (χ4v) is 2.24. The lowest BCUT2D eigenvalue weighted by Crippen LogP contribution is -2.39. The van der Waals surface area contributed by atoms with Crippen molar-refractivity contribution in [2.75, 3.05) is 24.5 Å². The second-order valence-corrected chi connectivity index (χ2v) is 5.06. The van der Waals surface area contributed by atoms with Crippen LogP contribution >= 0.6 is 0 Å². The number of hydrogen-bond acceptors (Lipinski definition) is 4. The predicted octanol–water partition coefficient (Wildman–Crippen LogP) is 1.69. The zero-order chi connectivity index (χ0) is 12.1. The van der Waals surface area contributed by atoms with Gasteiger partial charge in [-0.1, -0.05) is 13.8 Å². The smallest absolute Gasteiger partial charge is 0.131 e. The Kier molecular flexibility index (Phi) is 4.31. The summed E-state index contributed by atoms with van der Waals surface area (Å²) < 4.78 is 0. The Morgan fingerprint density at radius 2 is 2.18 bits per heavy atom. The Morgan fingerprint density at radius 3 is 2.76 bits per heavy atom. The lowest BCUT2D eigenvalue weighted by molar-refractivity contribution is 0.370. The van der Waals surface area contributed by atoms with Crippen LogP contribution in [0.2, 0.25) is 0 Å². The average Bonchev–Trinajstić information content (AvgIpc) is 2.38. The van der Waals surface area contributed by atoms with Gasteiger partial charge in [0.1, 0.15) is 12.1 Å². The highest BCUT2D eigenvalue weighted by molar-refractivity contribution is 5.36. The molecule has 1 aliphatic rings. The van der Waals surface area contributed by atoms with E-state index in [0.29, 0.717) is 6.04 Å². The fraction of sp³-hybridized carbons (Fsp3) is 0.692. The molecule has 1 aromatic heterocycles. The minimum absolute atomic E-state index is 0.592. The van der Waals surface area contributed by atoms with E-state index in [4.69, 9.17) is 0 Å². The molecule has 94 valence electrons. The minimum Gasteiger partial charge on any atom is -0.357 e. The van der Waals surface area contributed by atoms with Gasteiger partial charge in [-0.2, -0.15) is 0 Å². The molecule has 4 nitrogen and oxygen atoms in total. The van der Waals surface area contributed by atoms with Gasteiger partial charge in [0, 0.05) is 25.3 Å². The van der Waals surface area contributed by atoms with Gasteiger partial charge in [0.15, 0.2) is 0 Å². The van der Waals surface area contributed by atoms with Crippen LogP contribution in [0.15, 0.2) is 18.6 Å². The Hall–Kier alpha value is -1.16. The molecule has 0 aliphatic carbocycles. The highest BCUT2D eigenvalue weighted by Gasteiger charge is 2.19. The van der Waals surface area contributed by atoms with Gasteiger partial charge in [-0.25, -0.2) is 9.97 Å². The summed E-state index contributed by atoms with van der Waals surface area (Å²) >= 11 is 0. The molecule has 1 aromatic rings. The summed E-state index contributed by atoms with van der Waals surface area (Å²) in [7, 11) is 0. The van der Waals surface area contributed by atoms with Gasteiger partial charge in [0.05, 0.1) is 0 Å². The number of hydrogen-bond donors (Lipinski definition) is 1. The van der Waals surface area contributed by atoms with Gasteiger partial charge in [0.25, 0.3) is 0 Å². The molecule has 4 heteroatoms. The molecule has 2 rings (SSSR count). The predicted molar refractivity (Wildman–Crippen MR) is 70.1 cm³/mol. The zero-order valence-corrected chi connectivity index (χ0v) is 10.8. The summed E-state index contributed by atoms with van der Waals surface area (Å²) in [6.45, 7) is 7.78. The average molecular weight is 234 g/mol. The maximum atomic E-state index is 4.30. The molecule has 0 radical (unpaired) electrons. The molecule has 0 saturated carbocycles. The van der Waals surface area contributed by atoms with Gasteiger partial charge in [0.2, 0.25) is 0 Å². The molecule has 1 N–H and O–H groups in total. The topological polar surface area (TPSA) is 41.0 Å². The third kappa shape index (κ3) is 3.66. The highest BCUT2D eigenvalue weighted by Crippen LogP contribution is 2.20. The first-order valence-electron chi connectivity index (χ1n) is 6.50. The molecule has 0 bridgehead atoms. The molecule has 2 heterocycles. The van der Waals surface area contributed by atoms with E-state index in [9.17, 15) is 0 Å². The van der Waals surface area contributed by atoms with Gasteiger partial charge in [-0.05, 0) is 31.4 Å². The zero-order valence-electron chi connectivity index (χ0n) is 10.8. The van der Waals surface area contributed by atoms with Crippen LogP contribution in [0.5, 0.6) is 0 Å². The molecule has 0 amide bonds. The van der Waals surface area contributed by atoms with E-state index in [1.54, 1.807) is 6.33 Å². The minimum atomic E-state index is 0.592. The van der Waals surface area contributed by atoms with E-state index >= 15 is 0 Å². The van der Waals surface area contributed by atoms with Crippen molar-refractivity contribution < 1.29 is 0 Å². The maximum absolute atomic E-state index is 4.30. The van der Waals surface area contributed by atoms with Gasteiger partial charge in [-0.3, -0.25) is 0 Å². The molecule has 1 aliphatic heterocycles. The van der Waals surface area contributed by atoms with Crippen LogP contribution in [-0.2, 0) is 0 Å². The summed E-state index contributed by atoms with van der Waals surface area (Å²) in [4.78, 5) is 10.6. The Bertz CT molecular complexity index is 317. The molecule has 0 atom stereocenters. The third-order valence-electron chi connectivity index (χ3n) is 3.32. The standard InChI is InChI=1S/C13H22N4/c1-11(2)15-9-12-4-7-17(8-5-12)13-3-6-14-10-16-13/h3,6,10-12,15H,4-5,7-9H2,1-2H3. The molecule has 0 aromatic carbocycles. The number of nitrogens with zero attached hydrogens (tertiary/aromatic N) is 3. The lowest BCUT2D eigenvalue weighted by atomic mass is 9.96. The van der Waals surface area contributed by atoms with Crippen molar-refractivity contribution in [3.63, 3.8) is 0 Å². The quantitative estimate of drug-likeness (QED) is 0.861. The van der Waals surface area contributed by atoms with Crippen LogP contribution in [0, 0.1) is 5.92 Å². The molecule has 0 spiro atoms. The fourth-order valence-electron chi connectivity index (χ4n) is 2.24. The number of nitrogens with one attached hydrogen (secondary N) is 1. The summed E-state index contributed by atoms with van der Waals surface area (Å²) in [5, 5.41) is 3.53. The number of rotatable bonds is 4. The van der Waals surface area contributed by atoms with E-state index in [0.717, 1.165) is 31.4 Å². The van der Waals surface area contributed by atoms with Crippen LogP contribution in [0.3, 0.4) is 0 Å². The first-order chi connectivity index (χ1) is 8.25. The molecule has 1 fully saturated rings. The van der Waals surface area contributed by atoms with Crippen molar-refractivity contribution in [2.24, 2.45) is 5.92 Å². The lowest BCUT2D eigenvalue weighted by Gasteiger charge is -2.33. The van der Waals surface area contributed by atoms with E-state index in [-0.39, 0.29) is 0 Å². The van der Waals surface area contributed by atoms with Crippen LogP contribution in [0.25, 0.3) is 0 Å². The second-order valence-electron chi connectivity index (χ2n) is 5.06. The summed E-state index contributed by atoms with van der Waals surface area (Å²) in [5.74, 6) is 1.88. The summed E-state index contributed by atoms with van der Waals surface area (Å²) in [5.41, 5.74) is 0. The van der Waals surface area contributed by atoms with E-state index in [1.165, 1.54) is 12.8 Å². The maximum Gasteiger partial charge on any atom is 0.131 e. The Morgan fingerprint density at radius 1 is 1.41 bits per heavy atom. The second kappa shape index (κ2) is 5.96. The molecular weight excluding hydrogens is 212 g/mol. The van der Waals surface area contributed by atoms with E-state index < -0.39 is 0 Å². The van der Waals surface area contributed by atoms with Gasteiger partial charge < -0.3 is 10.2 Å². The Labute approximate surface area is 103 Å². The summed E-state index contributed by atoms with van der Waals surface area (Å²) in [6.07, 6.45) is 5.95. The van der Waals surface area contributed by atoms with Crippen LogP contribution in [0.4, 0.5) is 5.82 Å². The van der Waals surface area contributed by atoms with Crippen molar-refractivity contribution in [2.45, 2.75) is 32.7 Å². The van der Waals surface area contributed by atoms with Crippen molar-refractivity contribution in [1.82, 2.24) is 15.3 Å². The van der Waals surface area contributed by atoms with Crippen LogP contribution < -0.4 is 10.2 Å². The van der Waals surface area contributed by atoms with Gasteiger partial charge in [-0.15, -0.1) is 0 Å². The van der Waals surface area contributed by atoms with E-state index in [2.05, 4.69) is 34.0 Å². The van der Waals surface area contributed by atoms with Crippen molar-refractivity contribution in [3.05, 3.63) is 18.6 Å². The SMILES string of the molecule is CC(C)NCC1CCN(c2ccncn2)CC1. The first-order valence-corrected chi connectivity index (χ1v) is 6.50. The molecular formula is C13H22N4. The van der Waals surface area contributed by atoms with Crippen molar-refractivity contribution in [1.29, 1.82) is 0 Å². The first kappa shape index (κ1) is 12.3. The normalized spacial score (nSPS) is 17.7. The number of piperidine rings is 1. The summed E-state index contributed by atoms with van der Waals surface area (Å²) in [6, 6.07) is 2.59. The van der Waals surface area contributed by atoms with Crippen molar-refractivity contribution >= 4 is 5.82 Å². The van der Waals surface area contributed by atoms with E-state index in [1.807, 2.05) is 12.3 Å². The number of aromatic nitrogens is 2. The Balaban J connectivity index is 1.78. The molecule has 17 heavy (non-hydrogen) atoms. The number of anilines is 1. The molecule has 1 saturated heterocycles. The highest BCUT2D eigenvalue weighted by atomic mass is 15.2. The van der Waals surface area contributed by atoms with Crippen LogP contribution in [0.1, 0.15) is 26.7 Å². The van der Waals surface area contributed by atoms with Gasteiger partial charge >= 0.3 is 0 Å². The van der Waals surface area contributed by atoms with Crippen molar-refractivity contribution in [3.8, 4) is 0 Å². The van der Waals surface area contributed by atoms with Crippen LogP contribution in [-0.4, -0.2) is 35.6 Å².